The van der Waals surface area contributed by atoms with E-state index in [9.17, 15) is 13.2 Å². The maximum Gasteiger partial charge on any atom is 0.416 e. The van der Waals surface area contributed by atoms with E-state index in [1.807, 2.05) is 0 Å². The topological polar surface area (TPSA) is 16.5 Å². The van der Waals surface area contributed by atoms with E-state index in [0.29, 0.717) is 0 Å². The highest BCUT2D eigenvalue weighted by atomic mass is 32.1. The molecule has 0 amide bonds. The third-order valence-corrected chi connectivity index (χ3v) is 3.14. The molecule has 21 heavy (non-hydrogen) atoms. The highest BCUT2D eigenvalue weighted by Crippen LogP contribution is 2.30. The van der Waals surface area contributed by atoms with Crippen molar-refractivity contribution in [1.82, 2.24) is 0 Å². The van der Waals surface area contributed by atoms with Gasteiger partial charge in [0.1, 0.15) is 0 Å². The van der Waals surface area contributed by atoms with Crippen LogP contribution in [0.1, 0.15) is 26.3 Å². The molecule has 1 aromatic rings. The summed E-state index contributed by atoms with van der Waals surface area (Å²) < 4.78 is 36.7. The predicted octanol–water partition coefficient (Wildman–Crippen LogP) is 2.88. The number of rotatable bonds is 4. The van der Waals surface area contributed by atoms with Crippen LogP contribution in [0, 0.1) is 0 Å². The molecule has 7 heteroatoms. The quantitative estimate of drug-likeness (QED) is 0.649. The molecular weight excluding hydrogens is 317 g/mol. The molecule has 0 saturated heterocycles. The molecule has 0 saturated carbocycles. The summed E-state index contributed by atoms with van der Waals surface area (Å²) >= 11 is 9.07. The number of halogens is 3. The Bertz CT molecular complexity index is 427. The van der Waals surface area contributed by atoms with Crippen molar-refractivity contribution < 1.29 is 18.1 Å². The second kappa shape index (κ2) is 9.92. The third-order valence-electron chi connectivity index (χ3n) is 2.94. The summed E-state index contributed by atoms with van der Waals surface area (Å²) in [5, 5.41) is 2.46. The smallest absolute Gasteiger partial charge is 0.411 e. The van der Waals surface area contributed by atoms with Crippen LogP contribution in [0.15, 0.2) is 24.3 Å². The minimum atomic E-state index is -4.35. The van der Waals surface area contributed by atoms with Crippen molar-refractivity contribution in [3.8, 4) is 0 Å². The molecule has 0 heterocycles. The molecule has 2 nitrogen and oxygen atoms in total. The Hall–Kier alpha value is -0.920. The molecule has 0 spiro atoms. The summed E-state index contributed by atoms with van der Waals surface area (Å²) in [6.45, 7) is 10.5. The van der Waals surface area contributed by atoms with E-state index < -0.39 is 11.7 Å². The van der Waals surface area contributed by atoms with Crippen LogP contribution in [-0.4, -0.2) is 24.0 Å². The SMILES string of the molecule is CC[NH+](CC)CC.FC(F)(F)c1cccc(NC(=S)[S-])c1. The van der Waals surface area contributed by atoms with Crippen molar-refractivity contribution in [2.24, 2.45) is 0 Å². The predicted molar refractivity (Wildman–Crippen MR) is 87.6 cm³/mol. The maximum absolute atomic E-state index is 12.2. The van der Waals surface area contributed by atoms with Crippen molar-refractivity contribution in [1.29, 1.82) is 0 Å². The maximum atomic E-state index is 12.2. The van der Waals surface area contributed by atoms with Crippen molar-refractivity contribution >= 4 is 34.9 Å². The average molecular weight is 338 g/mol. The fraction of sp³-hybridized carbons (Fsp3) is 0.500. The Morgan fingerprint density at radius 2 is 1.71 bits per heavy atom. The molecule has 1 aromatic carbocycles. The first-order valence-electron chi connectivity index (χ1n) is 6.73. The van der Waals surface area contributed by atoms with Gasteiger partial charge in [0, 0.05) is 5.69 Å². The van der Waals surface area contributed by atoms with Crippen LogP contribution < -0.4 is 10.2 Å². The van der Waals surface area contributed by atoms with E-state index >= 15 is 0 Å². The number of alkyl halides is 3. The van der Waals surface area contributed by atoms with Crippen molar-refractivity contribution in [3.63, 3.8) is 0 Å². The summed E-state index contributed by atoms with van der Waals surface area (Å²) in [4.78, 5) is 1.68. The molecule has 0 aliphatic carbocycles. The highest BCUT2D eigenvalue weighted by molar-refractivity contribution is 8.00. The van der Waals surface area contributed by atoms with E-state index in [0.717, 1.165) is 12.1 Å². The average Bonchev–Trinajstić information content (AvgIpc) is 2.40. The van der Waals surface area contributed by atoms with Crippen LogP contribution in [-0.2, 0) is 18.8 Å². The normalized spacial score (nSPS) is 10.8. The molecule has 0 bridgehead atoms. The Kier molecular flexibility index (Phi) is 9.48. The Morgan fingerprint density at radius 3 is 2.05 bits per heavy atom. The lowest BCUT2D eigenvalue weighted by atomic mass is 10.2. The number of hydrogen-bond donors (Lipinski definition) is 2. The fourth-order valence-electron chi connectivity index (χ4n) is 1.64. The molecule has 2 N–H and O–H groups in total. The zero-order chi connectivity index (χ0) is 16.5. The van der Waals surface area contributed by atoms with E-state index in [-0.39, 0.29) is 10.0 Å². The Labute approximate surface area is 135 Å². The summed E-state index contributed by atoms with van der Waals surface area (Å²) in [6, 6.07) is 4.70. The largest absolute Gasteiger partial charge is 0.416 e. The van der Waals surface area contributed by atoms with Crippen molar-refractivity contribution in [2.45, 2.75) is 26.9 Å². The van der Waals surface area contributed by atoms with Gasteiger partial charge in [0.05, 0.1) is 25.2 Å². The minimum Gasteiger partial charge on any atom is -0.411 e. The van der Waals surface area contributed by atoms with E-state index in [4.69, 9.17) is 0 Å². The fourth-order valence-corrected chi connectivity index (χ4v) is 1.88. The van der Waals surface area contributed by atoms with Gasteiger partial charge in [-0.1, -0.05) is 10.4 Å². The first-order valence-corrected chi connectivity index (χ1v) is 7.55. The minimum absolute atomic E-state index is 0.0179. The number of hydrogen-bond acceptors (Lipinski definition) is 2. The Morgan fingerprint density at radius 1 is 1.19 bits per heavy atom. The van der Waals surface area contributed by atoms with Gasteiger partial charge in [-0.05, 0) is 39.0 Å². The monoisotopic (exact) mass is 338 g/mol. The summed E-state index contributed by atoms with van der Waals surface area (Å²) in [5.41, 5.74) is -0.478. The number of benzene rings is 1. The van der Waals surface area contributed by atoms with E-state index in [1.54, 1.807) is 4.90 Å². The molecule has 0 radical (unpaired) electrons. The molecule has 1 rings (SSSR count). The van der Waals surface area contributed by atoms with Gasteiger partial charge in [-0.15, -0.1) is 0 Å². The van der Waals surface area contributed by atoms with Gasteiger partial charge in [0.25, 0.3) is 0 Å². The van der Waals surface area contributed by atoms with Gasteiger partial charge >= 0.3 is 6.18 Å². The Balaban J connectivity index is 0.000000486. The number of nitrogens with one attached hydrogen (secondary N) is 2. The number of quaternary nitrogens is 1. The zero-order valence-corrected chi connectivity index (χ0v) is 14.0. The van der Waals surface area contributed by atoms with Crippen LogP contribution in [0.3, 0.4) is 0 Å². The lowest BCUT2D eigenvalue weighted by Crippen LogP contribution is -3.11. The van der Waals surface area contributed by atoms with Crippen LogP contribution in [0.2, 0.25) is 0 Å². The molecule has 0 aliphatic heterocycles. The standard InChI is InChI=1S/C8H6F3NS2.C6H15N/c9-8(10,11)5-2-1-3-6(4-5)12-7(13)14;1-4-7(5-2)6-3/h1-4H,(H2,12,13,14);4-6H2,1-3H3. The third kappa shape index (κ3) is 8.85. The van der Waals surface area contributed by atoms with Crippen molar-refractivity contribution in [2.75, 3.05) is 25.0 Å². The van der Waals surface area contributed by atoms with Crippen LogP contribution in [0.4, 0.5) is 18.9 Å². The van der Waals surface area contributed by atoms with Gasteiger partial charge in [0.2, 0.25) is 0 Å². The molecule has 0 aliphatic rings. The lowest BCUT2D eigenvalue weighted by Gasteiger charge is -2.12. The molecule has 0 fully saturated rings. The van der Waals surface area contributed by atoms with Crippen molar-refractivity contribution in [3.05, 3.63) is 29.8 Å². The molecular formula is C14H21F3N2S2. The van der Waals surface area contributed by atoms with E-state index in [2.05, 4.69) is 50.9 Å². The number of anilines is 1. The van der Waals surface area contributed by atoms with Crippen LogP contribution in [0.25, 0.3) is 0 Å². The van der Waals surface area contributed by atoms with Gasteiger partial charge < -0.3 is 35.1 Å². The highest BCUT2D eigenvalue weighted by Gasteiger charge is 2.30. The lowest BCUT2D eigenvalue weighted by molar-refractivity contribution is -0.894. The molecule has 0 aromatic heterocycles. The van der Waals surface area contributed by atoms with Gasteiger partial charge in [0.15, 0.2) is 0 Å². The van der Waals surface area contributed by atoms with Gasteiger partial charge in [-0.2, -0.15) is 13.2 Å². The first-order chi connectivity index (χ1) is 9.74. The summed E-state index contributed by atoms with van der Waals surface area (Å²) in [6.07, 6.45) is -4.35. The first kappa shape index (κ1) is 20.1. The van der Waals surface area contributed by atoms with E-state index in [1.165, 1.54) is 31.8 Å². The molecule has 120 valence electrons. The molecule has 0 atom stereocenters. The number of thiocarbonyl (C=S) groups is 1. The second-order valence-corrected chi connectivity index (χ2v) is 5.38. The molecule has 0 unspecified atom stereocenters. The van der Waals surface area contributed by atoms with Crippen LogP contribution in [0.5, 0.6) is 0 Å². The van der Waals surface area contributed by atoms with Crippen LogP contribution >= 0.6 is 12.2 Å². The summed E-state index contributed by atoms with van der Waals surface area (Å²) in [7, 11) is 0. The second-order valence-electron chi connectivity index (χ2n) is 4.30. The van der Waals surface area contributed by atoms with Gasteiger partial charge in [-0.25, -0.2) is 0 Å². The zero-order valence-electron chi connectivity index (χ0n) is 12.4. The summed E-state index contributed by atoms with van der Waals surface area (Å²) in [5.74, 6) is 0. The van der Waals surface area contributed by atoms with Gasteiger partial charge in [-0.3, -0.25) is 0 Å².